The maximum atomic E-state index is 5.38. The smallest absolute Gasteiger partial charge is 0.137 e. The quantitative estimate of drug-likeness (QED) is 0.441. The molecule has 0 rings (SSSR count). The van der Waals surface area contributed by atoms with Crippen LogP contribution in [0.2, 0.25) is 0 Å². The van der Waals surface area contributed by atoms with Gasteiger partial charge in [-0.1, -0.05) is 0 Å². The summed E-state index contributed by atoms with van der Waals surface area (Å²) in [5.41, 5.74) is -0.330. The predicted molar refractivity (Wildman–Crippen MR) is 40.5 cm³/mol. The van der Waals surface area contributed by atoms with E-state index in [2.05, 4.69) is 0 Å². The van der Waals surface area contributed by atoms with E-state index in [0.29, 0.717) is 6.61 Å². The van der Waals surface area contributed by atoms with Crippen LogP contribution in [0.4, 0.5) is 0 Å². The van der Waals surface area contributed by atoms with Crippen LogP contribution < -0.4 is 0 Å². The van der Waals surface area contributed by atoms with E-state index in [1.54, 1.807) is 12.2 Å². The first-order chi connectivity index (χ1) is 4.54. The SMILES string of the molecule is CCOC(C)(C)N(C)OC. The van der Waals surface area contributed by atoms with Gasteiger partial charge in [0.25, 0.3) is 0 Å². The van der Waals surface area contributed by atoms with E-state index in [-0.39, 0.29) is 5.72 Å². The van der Waals surface area contributed by atoms with E-state index in [9.17, 15) is 0 Å². The Kier molecular flexibility index (Phi) is 3.86. The molecular formula is C7H17NO2. The van der Waals surface area contributed by atoms with E-state index in [1.165, 1.54) is 0 Å². The van der Waals surface area contributed by atoms with Gasteiger partial charge in [0.05, 0.1) is 7.11 Å². The summed E-state index contributed by atoms with van der Waals surface area (Å²) < 4.78 is 5.38. The number of nitrogens with zero attached hydrogens (tertiary/aromatic N) is 1. The van der Waals surface area contributed by atoms with Crippen LogP contribution in [0.25, 0.3) is 0 Å². The van der Waals surface area contributed by atoms with Crippen LogP contribution in [0.15, 0.2) is 0 Å². The average Bonchev–Trinajstić information content (AvgIpc) is 1.86. The molecule has 0 heterocycles. The summed E-state index contributed by atoms with van der Waals surface area (Å²) in [6.07, 6.45) is 0. The fourth-order valence-corrected chi connectivity index (χ4v) is 0.664. The Morgan fingerprint density at radius 3 is 2.20 bits per heavy atom. The minimum Gasteiger partial charge on any atom is -0.359 e. The molecule has 10 heavy (non-hydrogen) atoms. The van der Waals surface area contributed by atoms with Gasteiger partial charge in [-0.3, -0.25) is 4.84 Å². The van der Waals surface area contributed by atoms with Crippen molar-refractivity contribution < 1.29 is 9.57 Å². The lowest BCUT2D eigenvalue weighted by atomic mass is 10.3. The predicted octanol–water partition coefficient (Wildman–Crippen LogP) is 1.25. The molecule has 0 spiro atoms. The number of hydrogen-bond acceptors (Lipinski definition) is 3. The highest BCUT2D eigenvalue weighted by Crippen LogP contribution is 2.12. The van der Waals surface area contributed by atoms with Crippen molar-refractivity contribution in [1.29, 1.82) is 0 Å². The van der Waals surface area contributed by atoms with Crippen LogP contribution >= 0.6 is 0 Å². The number of hydroxylamine groups is 2. The molecular weight excluding hydrogens is 130 g/mol. The number of ether oxygens (including phenoxy) is 1. The highest BCUT2D eigenvalue weighted by atomic mass is 16.7. The summed E-state index contributed by atoms with van der Waals surface area (Å²) >= 11 is 0. The van der Waals surface area contributed by atoms with Crippen molar-refractivity contribution in [2.75, 3.05) is 20.8 Å². The van der Waals surface area contributed by atoms with Gasteiger partial charge in [-0.2, -0.15) is 5.06 Å². The van der Waals surface area contributed by atoms with Crippen molar-refractivity contribution in [3.8, 4) is 0 Å². The lowest BCUT2D eigenvalue weighted by molar-refractivity contribution is -0.267. The third kappa shape index (κ3) is 2.64. The average molecular weight is 147 g/mol. The molecule has 0 amide bonds. The van der Waals surface area contributed by atoms with E-state index in [1.807, 2.05) is 27.8 Å². The van der Waals surface area contributed by atoms with Crippen LogP contribution in [-0.4, -0.2) is 31.6 Å². The molecule has 0 unspecified atom stereocenters. The molecule has 0 aromatic heterocycles. The zero-order valence-electron chi connectivity index (χ0n) is 7.47. The van der Waals surface area contributed by atoms with E-state index < -0.39 is 0 Å². The zero-order chi connectivity index (χ0) is 8.20. The summed E-state index contributed by atoms with van der Waals surface area (Å²) in [5, 5.41) is 1.68. The maximum absolute atomic E-state index is 5.38. The second-order valence-electron chi connectivity index (χ2n) is 2.56. The van der Waals surface area contributed by atoms with Crippen molar-refractivity contribution in [1.82, 2.24) is 5.06 Å². The van der Waals surface area contributed by atoms with Gasteiger partial charge in [-0.15, -0.1) is 0 Å². The Hall–Kier alpha value is -0.120. The van der Waals surface area contributed by atoms with Gasteiger partial charge in [-0.05, 0) is 20.8 Å². The second-order valence-corrected chi connectivity index (χ2v) is 2.56. The summed E-state index contributed by atoms with van der Waals surface area (Å²) in [6, 6.07) is 0. The highest BCUT2D eigenvalue weighted by molar-refractivity contribution is 4.59. The van der Waals surface area contributed by atoms with Crippen molar-refractivity contribution in [3.05, 3.63) is 0 Å². The fraction of sp³-hybridized carbons (Fsp3) is 1.00. The third-order valence-corrected chi connectivity index (χ3v) is 1.53. The molecule has 0 saturated heterocycles. The van der Waals surface area contributed by atoms with Crippen LogP contribution in [0.1, 0.15) is 20.8 Å². The normalized spacial score (nSPS) is 12.6. The molecule has 0 aromatic rings. The minimum atomic E-state index is -0.330. The molecule has 0 aliphatic rings. The molecule has 0 N–H and O–H groups in total. The summed E-state index contributed by atoms with van der Waals surface area (Å²) in [6.45, 7) is 6.58. The molecule has 0 bridgehead atoms. The molecule has 0 radical (unpaired) electrons. The standard InChI is InChI=1S/C7H17NO2/c1-6-10-7(2,3)8(4)9-5/h6H2,1-5H3. The Labute approximate surface area is 62.9 Å². The summed E-state index contributed by atoms with van der Waals surface area (Å²) in [5.74, 6) is 0. The van der Waals surface area contributed by atoms with Gasteiger partial charge in [-0.25, -0.2) is 0 Å². The highest BCUT2D eigenvalue weighted by Gasteiger charge is 2.23. The van der Waals surface area contributed by atoms with Crippen LogP contribution in [0, 0.1) is 0 Å². The Balaban J connectivity index is 3.82. The number of rotatable bonds is 4. The molecule has 0 aliphatic carbocycles. The van der Waals surface area contributed by atoms with Crippen molar-refractivity contribution >= 4 is 0 Å². The lowest BCUT2D eigenvalue weighted by Gasteiger charge is -2.32. The molecule has 0 aromatic carbocycles. The molecule has 62 valence electrons. The van der Waals surface area contributed by atoms with Gasteiger partial charge in [0.2, 0.25) is 0 Å². The molecule has 3 nitrogen and oxygen atoms in total. The van der Waals surface area contributed by atoms with Gasteiger partial charge in [0.15, 0.2) is 0 Å². The van der Waals surface area contributed by atoms with E-state index in [4.69, 9.17) is 9.57 Å². The van der Waals surface area contributed by atoms with E-state index in [0.717, 1.165) is 0 Å². The first kappa shape index (κ1) is 9.88. The summed E-state index contributed by atoms with van der Waals surface area (Å²) in [4.78, 5) is 4.98. The Morgan fingerprint density at radius 1 is 1.40 bits per heavy atom. The van der Waals surface area contributed by atoms with Gasteiger partial charge in [0.1, 0.15) is 5.72 Å². The van der Waals surface area contributed by atoms with Crippen LogP contribution in [0.3, 0.4) is 0 Å². The first-order valence-electron chi connectivity index (χ1n) is 3.46. The zero-order valence-corrected chi connectivity index (χ0v) is 7.47. The Bertz CT molecular complexity index is 93.6. The van der Waals surface area contributed by atoms with Crippen LogP contribution in [-0.2, 0) is 9.57 Å². The minimum absolute atomic E-state index is 0.330. The second kappa shape index (κ2) is 3.91. The van der Waals surface area contributed by atoms with Gasteiger partial charge >= 0.3 is 0 Å². The molecule has 0 fully saturated rings. The topological polar surface area (TPSA) is 21.7 Å². The lowest BCUT2D eigenvalue weighted by Crippen LogP contribution is -2.42. The van der Waals surface area contributed by atoms with E-state index >= 15 is 0 Å². The van der Waals surface area contributed by atoms with Crippen molar-refractivity contribution in [3.63, 3.8) is 0 Å². The largest absolute Gasteiger partial charge is 0.359 e. The molecule has 0 aliphatic heterocycles. The third-order valence-electron chi connectivity index (χ3n) is 1.53. The monoisotopic (exact) mass is 147 g/mol. The fourth-order valence-electron chi connectivity index (χ4n) is 0.664. The number of hydrogen-bond donors (Lipinski definition) is 0. The summed E-state index contributed by atoms with van der Waals surface area (Å²) in [7, 11) is 3.47. The van der Waals surface area contributed by atoms with Crippen LogP contribution in [0.5, 0.6) is 0 Å². The maximum Gasteiger partial charge on any atom is 0.137 e. The van der Waals surface area contributed by atoms with Gasteiger partial charge < -0.3 is 4.74 Å². The van der Waals surface area contributed by atoms with Crippen molar-refractivity contribution in [2.45, 2.75) is 26.5 Å². The molecule has 0 saturated carbocycles. The van der Waals surface area contributed by atoms with Crippen molar-refractivity contribution in [2.24, 2.45) is 0 Å². The molecule has 0 atom stereocenters. The molecule has 3 heteroatoms. The Morgan fingerprint density at radius 2 is 1.90 bits per heavy atom. The first-order valence-corrected chi connectivity index (χ1v) is 3.46. The van der Waals surface area contributed by atoms with Gasteiger partial charge in [0, 0.05) is 13.7 Å².